The third kappa shape index (κ3) is 2.17. The van der Waals surface area contributed by atoms with Crippen LogP contribution >= 0.6 is 0 Å². The van der Waals surface area contributed by atoms with Gasteiger partial charge in [0, 0.05) is 11.5 Å². The molecule has 4 fully saturated rings. The van der Waals surface area contributed by atoms with Gasteiger partial charge in [-0.15, -0.1) is 0 Å². The number of amides is 1. The van der Waals surface area contributed by atoms with Crippen LogP contribution in [0.2, 0.25) is 0 Å². The Labute approximate surface area is 165 Å². The molecule has 0 saturated heterocycles. The first-order valence-corrected chi connectivity index (χ1v) is 10.6. The van der Waals surface area contributed by atoms with Crippen molar-refractivity contribution in [3.63, 3.8) is 0 Å². The van der Waals surface area contributed by atoms with Crippen molar-refractivity contribution in [2.45, 2.75) is 50.7 Å². The van der Waals surface area contributed by atoms with Gasteiger partial charge in [-0.25, -0.2) is 4.98 Å². The summed E-state index contributed by atoms with van der Waals surface area (Å²) in [5.74, 6) is 1.31. The van der Waals surface area contributed by atoms with E-state index in [-0.39, 0.29) is 29.4 Å². The standard InChI is InChI=1S/C23H27N3O2/c24-22(28)21-14-5-13-6-15(21)10-23(8-13,9-14)20(27)7-18-16-3-1-2-4-17(16)19-11-25-12-26(18)19/h1-4,11-15,18,20-21,27H,5-10H2,(H2,24,28). The summed E-state index contributed by atoms with van der Waals surface area (Å²) in [6.45, 7) is 0. The van der Waals surface area contributed by atoms with Crippen molar-refractivity contribution in [3.8, 4) is 11.3 Å². The highest BCUT2D eigenvalue weighted by molar-refractivity contribution is 5.77. The zero-order chi connectivity index (χ0) is 19.0. The van der Waals surface area contributed by atoms with Crippen LogP contribution in [0.25, 0.3) is 11.3 Å². The van der Waals surface area contributed by atoms with Gasteiger partial charge in [0.1, 0.15) is 0 Å². The van der Waals surface area contributed by atoms with E-state index < -0.39 is 0 Å². The van der Waals surface area contributed by atoms with Crippen molar-refractivity contribution < 1.29 is 9.90 Å². The number of primary amides is 1. The first-order valence-electron chi connectivity index (χ1n) is 10.6. The number of nitrogens with two attached hydrogens (primary N) is 1. The molecule has 2 aromatic rings. The van der Waals surface area contributed by atoms with Crippen LogP contribution in [-0.4, -0.2) is 26.7 Å². The SMILES string of the molecule is NC(=O)C1C2CC3CC1CC(C(O)CC1c4ccccc4-c4cncn41)(C3)C2. The third-order valence-corrected chi connectivity index (χ3v) is 8.40. The Bertz CT molecular complexity index is 935. The highest BCUT2D eigenvalue weighted by Gasteiger charge is 2.59. The second kappa shape index (κ2) is 5.69. The van der Waals surface area contributed by atoms with E-state index in [0.29, 0.717) is 24.2 Å². The number of carbonyl (C=O) groups is 1. The molecule has 4 atom stereocenters. The smallest absolute Gasteiger partial charge is 0.221 e. The molecule has 4 saturated carbocycles. The van der Waals surface area contributed by atoms with Crippen molar-refractivity contribution >= 4 is 5.91 Å². The maximum Gasteiger partial charge on any atom is 0.221 e. The van der Waals surface area contributed by atoms with E-state index in [1.807, 2.05) is 12.5 Å². The molecule has 1 aromatic heterocycles. The molecule has 1 aliphatic heterocycles. The number of rotatable bonds is 4. The van der Waals surface area contributed by atoms with Gasteiger partial charge in [0.15, 0.2) is 0 Å². The summed E-state index contributed by atoms with van der Waals surface area (Å²) < 4.78 is 2.22. The highest BCUT2D eigenvalue weighted by atomic mass is 16.3. The monoisotopic (exact) mass is 377 g/mol. The lowest BCUT2D eigenvalue weighted by molar-refractivity contribution is -0.163. The minimum atomic E-state index is -0.360. The minimum Gasteiger partial charge on any atom is -0.392 e. The zero-order valence-corrected chi connectivity index (χ0v) is 16.0. The van der Waals surface area contributed by atoms with Crippen LogP contribution in [0.1, 0.15) is 50.1 Å². The molecule has 7 rings (SSSR count). The molecule has 1 amide bonds. The Hall–Kier alpha value is -2.14. The fourth-order valence-electron chi connectivity index (χ4n) is 7.59. The topological polar surface area (TPSA) is 81.1 Å². The Morgan fingerprint density at radius 3 is 2.75 bits per heavy atom. The van der Waals surface area contributed by atoms with E-state index in [0.717, 1.165) is 37.8 Å². The van der Waals surface area contributed by atoms with Crippen LogP contribution in [-0.2, 0) is 4.79 Å². The Morgan fingerprint density at radius 2 is 2.00 bits per heavy atom. The maximum atomic E-state index is 12.0. The first-order chi connectivity index (χ1) is 13.6. The van der Waals surface area contributed by atoms with Gasteiger partial charge in [0.25, 0.3) is 0 Å². The van der Waals surface area contributed by atoms with Gasteiger partial charge >= 0.3 is 0 Å². The molecule has 0 spiro atoms. The molecular weight excluding hydrogens is 350 g/mol. The number of fused-ring (bicyclic) bond motifs is 3. The van der Waals surface area contributed by atoms with Gasteiger partial charge < -0.3 is 15.4 Å². The maximum absolute atomic E-state index is 12.0. The van der Waals surface area contributed by atoms with Crippen LogP contribution in [0.4, 0.5) is 0 Å². The molecule has 28 heavy (non-hydrogen) atoms. The van der Waals surface area contributed by atoms with Crippen molar-refractivity contribution in [2.24, 2.45) is 34.8 Å². The van der Waals surface area contributed by atoms with E-state index in [4.69, 9.17) is 5.73 Å². The van der Waals surface area contributed by atoms with Gasteiger partial charge in [-0.3, -0.25) is 4.79 Å². The summed E-state index contributed by atoms with van der Waals surface area (Å²) in [5, 5.41) is 11.5. The van der Waals surface area contributed by atoms with Crippen molar-refractivity contribution in [2.75, 3.05) is 0 Å². The number of aliphatic hydroxyl groups excluding tert-OH is 1. The van der Waals surface area contributed by atoms with Gasteiger partial charge in [0.2, 0.25) is 5.91 Å². The van der Waals surface area contributed by atoms with Crippen LogP contribution in [0.3, 0.4) is 0 Å². The molecule has 2 heterocycles. The van der Waals surface area contributed by atoms with Crippen molar-refractivity contribution in [1.29, 1.82) is 0 Å². The molecule has 0 radical (unpaired) electrons. The quantitative estimate of drug-likeness (QED) is 0.859. The lowest BCUT2D eigenvalue weighted by atomic mass is 9.44. The molecule has 5 heteroatoms. The largest absolute Gasteiger partial charge is 0.392 e. The second-order valence-electron chi connectivity index (χ2n) is 9.80. The predicted octanol–water partition coefficient (Wildman–Crippen LogP) is 3.13. The zero-order valence-electron chi connectivity index (χ0n) is 16.0. The lowest BCUT2D eigenvalue weighted by Gasteiger charge is -2.61. The molecule has 4 aliphatic carbocycles. The van der Waals surface area contributed by atoms with E-state index in [9.17, 15) is 9.90 Å². The minimum absolute atomic E-state index is 0.0318. The number of imidazole rings is 1. The third-order valence-electron chi connectivity index (χ3n) is 8.40. The van der Waals surface area contributed by atoms with Gasteiger partial charge in [-0.2, -0.15) is 0 Å². The Kier molecular flexibility index (Phi) is 3.41. The Balaban J connectivity index is 1.31. The highest BCUT2D eigenvalue weighted by Crippen LogP contribution is 2.64. The average Bonchev–Trinajstić information content (AvgIpc) is 3.23. The molecular formula is C23H27N3O2. The van der Waals surface area contributed by atoms with Crippen molar-refractivity contribution in [1.82, 2.24) is 9.55 Å². The number of hydrogen-bond acceptors (Lipinski definition) is 3. The predicted molar refractivity (Wildman–Crippen MR) is 105 cm³/mol. The summed E-state index contributed by atoms with van der Waals surface area (Å²) in [6, 6.07) is 8.63. The fourth-order valence-corrected chi connectivity index (χ4v) is 7.59. The second-order valence-corrected chi connectivity index (χ2v) is 9.80. The van der Waals surface area contributed by atoms with Crippen LogP contribution in [0, 0.1) is 29.1 Å². The normalized spacial score (nSPS) is 38.2. The fraction of sp³-hybridized carbons (Fsp3) is 0.565. The van der Waals surface area contributed by atoms with E-state index in [1.54, 1.807) is 0 Å². The molecule has 146 valence electrons. The number of hydrogen-bond donors (Lipinski definition) is 2. The molecule has 5 aliphatic rings. The number of aromatic nitrogens is 2. The van der Waals surface area contributed by atoms with Crippen LogP contribution < -0.4 is 5.73 Å². The molecule has 1 aromatic carbocycles. The van der Waals surface area contributed by atoms with E-state index in [1.165, 1.54) is 11.1 Å². The summed E-state index contributed by atoms with van der Waals surface area (Å²) in [5.41, 5.74) is 9.38. The lowest BCUT2D eigenvalue weighted by Crippen LogP contribution is -2.58. The van der Waals surface area contributed by atoms with E-state index in [2.05, 4.69) is 33.8 Å². The molecule has 5 nitrogen and oxygen atoms in total. The summed E-state index contributed by atoms with van der Waals surface area (Å²) in [4.78, 5) is 16.4. The molecule has 4 bridgehead atoms. The first kappa shape index (κ1) is 16.8. The molecule has 4 unspecified atom stereocenters. The molecule has 3 N–H and O–H groups in total. The number of aliphatic hydroxyl groups is 1. The average molecular weight is 377 g/mol. The van der Waals surface area contributed by atoms with Crippen LogP contribution in [0.15, 0.2) is 36.8 Å². The van der Waals surface area contributed by atoms with Crippen molar-refractivity contribution in [3.05, 3.63) is 42.4 Å². The number of benzene rings is 1. The van der Waals surface area contributed by atoms with Gasteiger partial charge in [-0.1, -0.05) is 24.3 Å². The Morgan fingerprint density at radius 1 is 1.25 bits per heavy atom. The number of carbonyl (C=O) groups excluding carboxylic acids is 1. The summed E-state index contributed by atoms with van der Waals surface area (Å²) >= 11 is 0. The number of nitrogens with zero attached hydrogens (tertiary/aromatic N) is 2. The summed E-state index contributed by atoms with van der Waals surface area (Å²) in [7, 11) is 0. The van der Waals surface area contributed by atoms with Gasteiger partial charge in [0.05, 0.1) is 30.4 Å². The summed E-state index contributed by atoms with van der Waals surface area (Å²) in [6.07, 6.45) is 9.45. The van der Waals surface area contributed by atoms with Crippen LogP contribution in [0.5, 0.6) is 0 Å². The van der Waals surface area contributed by atoms with E-state index >= 15 is 0 Å². The van der Waals surface area contributed by atoms with Gasteiger partial charge in [-0.05, 0) is 67.3 Å².